The molecule has 116 valence electrons. The molecular formula is C15H21NO4S. The maximum absolute atomic E-state index is 12.3. The molecular weight excluding hydrogens is 290 g/mol. The molecule has 0 bridgehead atoms. The summed E-state index contributed by atoms with van der Waals surface area (Å²) >= 11 is 1.43. The molecule has 1 heterocycles. The van der Waals surface area contributed by atoms with Gasteiger partial charge in [-0.3, -0.25) is 9.69 Å². The molecule has 21 heavy (non-hydrogen) atoms. The van der Waals surface area contributed by atoms with E-state index in [4.69, 9.17) is 9.84 Å². The minimum absolute atomic E-state index is 0.373. The number of fused-ring (bicyclic) bond motifs is 1. The van der Waals surface area contributed by atoms with Crippen LogP contribution < -0.4 is 4.90 Å². The molecule has 2 rings (SSSR count). The van der Waals surface area contributed by atoms with Gasteiger partial charge in [-0.1, -0.05) is 0 Å². The van der Waals surface area contributed by atoms with Crippen molar-refractivity contribution in [2.45, 2.75) is 52.1 Å². The van der Waals surface area contributed by atoms with Gasteiger partial charge in [0.25, 0.3) is 0 Å². The van der Waals surface area contributed by atoms with Gasteiger partial charge in [0.2, 0.25) is 0 Å². The first-order valence-electron chi connectivity index (χ1n) is 7.09. The topological polar surface area (TPSA) is 66.8 Å². The number of hydrogen-bond acceptors (Lipinski definition) is 4. The quantitative estimate of drug-likeness (QED) is 0.928. The number of thiophene rings is 1. The van der Waals surface area contributed by atoms with Gasteiger partial charge in [0, 0.05) is 0 Å². The van der Waals surface area contributed by atoms with Crippen molar-refractivity contribution >= 4 is 28.4 Å². The Labute approximate surface area is 128 Å². The molecule has 0 aromatic carbocycles. The zero-order valence-corrected chi connectivity index (χ0v) is 13.5. The first-order chi connectivity index (χ1) is 9.78. The van der Waals surface area contributed by atoms with Crippen LogP contribution in [0, 0.1) is 0 Å². The summed E-state index contributed by atoms with van der Waals surface area (Å²) in [5, 5.41) is 11.8. The third-order valence-corrected chi connectivity index (χ3v) is 4.33. The summed E-state index contributed by atoms with van der Waals surface area (Å²) < 4.78 is 5.35. The highest BCUT2D eigenvalue weighted by Crippen LogP contribution is 2.37. The summed E-state index contributed by atoms with van der Waals surface area (Å²) in [6, 6.07) is 0. The first-order valence-corrected chi connectivity index (χ1v) is 7.97. The molecule has 1 aliphatic carbocycles. The van der Waals surface area contributed by atoms with Gasteiger partial charge >= 0.3 is 12.1 Å². The van der Waals surface area contributed by atoms with Crippen molar-refractivity contribution in [1.29, 1.82) is 0 Å². The van der Waals surface area contributed by atoms with Gasteiger partial charge in [-0.15, -0.1) is 11.3 Å². The van der Waals surface area contributed by atoms with Crippen LogP contribution in [0.25, 0.3) is 0 Å². The third-order valence-electron chi connectivity index (χ3n) is 3.23. The number of carbonyl (C=O) groups excluding carboxylic acids is 1. The molecule has 0 aliphatic heterocycles. The zero-order valence-electron chi connectivity index (χ0n) is 12.6. The molecule has 0 unspecified atom stereocenters. The van der Waals surface area contributed by atoms with E-state index in [9.17, 15) is 9.59 Å². The Morgan fingerprint density at radius 2 is 2.00 bits per heavy atom. The van der Waals surface area contributed by atoms with Crippen LogP contribution in [0.15, 0.2) is 5.38 Å². The largest absolute Gasteiger partial charge is 0.480 e. The van der Waals surface area contributed by atoms with E-state index in [2.05, 4.69) is 0 Å². The Bertz CT molecular complexity index is 544. The molecule has 0 fully saturated rings. The van der Waals surface area contributed by atoms with Crippen molar-refractivity contribution in [2.24, 2.45) is 0 Å². The van der Waals surface area contributed by atoms with E-state index >= 15 is 0 Å². The van der Waals surface area contributed by atoms with Crippen molar-refractivity contribution in [3.8, 4) is 0 Å². The predicted octanol–water partition coefficient (Wildman–Crippen LogP) is 3.45. The molecule has 1 N–H and O–H groups in total. The summed E-state index contributed by atoms with van der Waals surface area (Å²) in [7, 11) is 0. The molecule has 0 atom stereocenters. The number of hydrogen-bond donors (Lipinski definition) is 1. The highest BCUT2D eigenvalue weighted by Gasteiger charge is 2.29. The van der Waals surface area contributed by atoms with Gasteiger partial charge in [-0.05, 0) is 63.0 Å². The standard InChI is InChI=1S/C15H21NO4S/c1-15(2,3)20-14(19)16(8-12(17)18)13-11-7-5-4-6-10(11)9-21-13/h9H,4-8H2,1-3H3,(H,17,18). The Kier molecular flexibility index (Phi) is 4.56. The van der Waals surface area contributed by atoms with Gasteiger partial charge in [0.15, 0.2) is 0 Å². The van der Waals surface area contributed by atoms with Crippen molar-refractivity contribution < 1.29 is 19.4 Å². The van der Waals surface area contributed by atoms with E-state index in [0.717, 1.165) is 36.2 Å². The highest BCUT2D eigenvalue weighted by molar-refractivity contribution is 7.14. The van der Waals surface area contributed by atoms with Crippen LogP contribution in [-0.2, 0) is 22.4 Å². The minimum Gasteiger partial charge on any atom is -0.480 e. The molecule has 0 saturated carbocycles. The van der Waals surface area contributed by atoms with Crippen LogP contribution >= 0.6 is 11.3 Å². The molecule has 6 heteroatoms. The molecule has 1 aromatic rings. The minimum atomic E-state index is -1.04. The lowest BCUT2D eigenvalue weighted by Crippen LogP contribution is -2.40. The van der Waals surface area contributed by atoms with Gasteiger partial charge in [-0.2, -0.15) is 0 Å². The molecule has 5 nitrogen and oxygen atoms in total. The fourth-order valence-corrected chi connectivity index (χ4v) is 3.55. The second-order valence-electron chi connectivity index (χ2n) is 6.21. The van der Waals surface area contributed by atoms with E-state index in [1.165, 1.54) is 21.8 Å². The second-order valence-corrected chi connectivity index (χ2v) is 7.07. The lowest BCUT2D eigenvalue weighted by Gasteiger charge is -2.27. The molecule has 0 saturated heterocycles. The number of amides is 1. The summed E-state index contributed by atoms with van der Waals surface area (Å²) in [4.78, 5) is 24.7. The smallest absolute Gasteiger partial charge is 0.416 e. The molecule has 1 aromatic heterocycles. The fourth-order valence-electron chi connectivity index (χ4n) is 2.40. The number of ether oxygens (including phenoxy) is 1. The number of carbonyl (C=O) groups is 2. The van der Waals surface area contributed by atoms with E-state index in [-0.39, 0.29) is 6.54 Å². The van der Waals surface area contributed by atoms with Gasteiger partial charge in [-0.25, -0.2) is 4.79 Å². The number of aryl methyl sites for hydroxylation is 1. The number of nitrogens with zero attached hydrogens (tertiary/aromatic N) is 1. The van der Waals surface area contributed by atoms with E-state index in [0.29, 0.717) is 0 Å². The van der Waals surface area contributed by atoms with Crippen molar-refractivity contribution in [1.82, 2.24) is 0 Å². The van der Waals surface area contributed by atoms with Crippen LogP contribution in [0.2, 0.25) is 0 Å². The summed E-state index contributed by atoms with van der Waals surface area (Å²) in [6.07, 6.45) is 3.52. The highest BCUT2D eigenvalue weighted by atomic mass is 32.1. The van der Waals surface area contributed by atoms with E-state index in [1.54, 1.807) is 20.8 Å². The monoisotopic (exact) mass is 311 g/mol. The van der Waals surface area contributed by atoms with Crippen molar-refractivity contribution in [2.75, 3.05) is 11.4 Å². The lowest BCUT2D eigenvalue weighted by atomic mass is 9.95. The summed E-state index contributed by atoms with van der Waals surface area (Å²) in [5.74, 6) is -1.04. The summed E-state index contributed by atoms with van der Waals surface area (Å²) in [5.41, 5.74) is 1.70. The number of carboxylic acids is 1. The van der Waals surface area contributed by atoms with Crippen LogP contribution in [0.3, 0.4) is 0 Å². The maximum atomic E-state index is 12.3. The summed E-state index contributed by atoms with van der Waals surface area (Å²) in [6.45, 7) is 4.94. The van der Waals surface area contributed by atoms with E-state index < -0.39 is 17.7 Å². The van der Waals surface area contributed by atoms with Crippen molar-refractivity contribution in [3.63, 3.8) is 0 Å². The lowest BCUT2D eigenvalue weighted by molar-refractivity contribution is -0.135. The van der Waals surface area contributed by atoms with Crippen LogP contribution in [-0.4, -0.2) is 29.3 Å². The first kappa shape index (κ1) is 15.8. The van der Waals surface area contributed by atoms with Crippen molar-refractivity contribution in [3.05, 3.63) is 16.5 Å². The normalized spacial score (nSPS) is 14.4. The zero-order chi connectivity index (χ0) is 15.6. The molecule has 0 spiro atoms. The predicted molar refractivity (Wildman–Crippen MR) is 82.2 cm³/mol. The van der Waals surface area contributed by atoms with E-state index in [1.807, 2.05) is 5.38 Å². The Balaban J connectivity index is 2.29. The Morgan fingerprint density at radius 3 is 2.62 bits per heavy atom. The van der Waals surface area contributed by atoms with Crippen LogP contribution in [0.1, 0.15) is 44.7 Å². The molecule has 0 radical (unpaired) electrons. The fraction of sp³-hybridized carbons (Fsp3) is 0.600. The van der Waals surface area contributed by atoms with Crippen LogP contribution in [0.4, 0.5) is 9.80 Å². The molecule has 1 aliphatic rings. The number of aliphatic carboxylic acids is 1. The third kappa shape index (κ3) is 3.97. The average Bonchev–Trinajstić information content (AvgIpc) is 2.77. The maximum Gasteiger partial charge on any atom is 0.416 e. The van der Waals surface area contributed by atoms with Gasteiger partial charge in [0.1, 0.15) is 17.1 Å². The number of rotatable bonds is 3. The second kappa shape index (κ2) is 6.05. The molecule has 1 amide bonds. The van der Waals surface area contributed by atoms with Crippen LogP contribution in [0.5, 0.6) is 0 Å². The number of carboxylic acid groups (broad SMARTS) is 1. The van der Waals surface area contributed by atoms with Gasteiger partial charge < -0.3 is 9.84 Å². The Morgan fingerprint density at radius 1 is 1.33 bits per heavy atom. The average molecular weight is 311 g/mol. The van der Waals surface area contributed by atoms with Gasteiger partial charge in [0.05, 0.1) is 0 Å². The SMILES string of the molecule is CC(C)(C)OC(=O)N(CC(=O)O)c1scc2c1CCCC2. The number of anilines is 1. The Hall–Kier alpha value is -1.56.